The number of carbonyl (C=O) groups is 3. The normalized spacial score (nSPS) is 20.7. The number of fused-ring (bicyclic) bond motifs is 3. The van der Waals surface area contributed by atoms with Gasteiger partial charge in [0.15, 0.2) is 0 Å². The summed E-state index contributed by atoms with van der Waals surface area (Å²) < 4.78 is 5.65. The van der Waals surface area contributed by atoms with Crippen LogP contribution in [-0.2, 0) is 14.3 Å². The maximum Gasteiger partial charge on any atom is 0.407 e. The van der Waals surface area contributed by atoms with Gasteiger partial charge in [0.1, 0.15) is 12.6 Å². The number of benzene rings is 2. The van der Waals surface area contributed by atoms with Gasteiger partial charge in [-0.2, -0.15) is 0 Å². The van der Waals surface area contributed by atoms with Crippen molar-refractivity contribution in [2.24, 2.45) is 11.8 Å². The van der Waals surface area contributed by atoms with Crippen molar-refractivity contribution in [3.05, 3.63) is 59.7 Å². The summed E-state index contributed by atoms with van der Waals surface area (Å²) in [6.07, 6.45) is 2.88. The molecule has 2 amide bonds. The smallest absolute Gasteiger partial charge is 0.407 e. The van der Waals surface area contributed by atoms with Gasteiger partial charge in [-0.05, 0) is 47.4 Å². The number of carboxylic acids is 1. The molecule has 7 nitrogen and oxygen atoms in total. The predicted octanol–water partition coefficient (Wildman–Crippen LogP) is 4.70. The van der Waals surface area contributed by atoms with Gasteiger partial charge in [-0.3, -0.25) is 4.79 Å². The van der Waals surface area contributed by atoms with Crippen LogP contribution in [0, 0.1) is 11.8 Å². The zero-order valence-corrected chi connectivity index (χ0v) is 20.3. The minimum Gasteiger partial charge on any atom is -0.480 e. The largest absolute Gasteiger partial charge is 0.480 e. The standard InChI is InChI=1S/C28H34N2O5/c1-3-17(2)25(27(32)33)30-26(31)18-9-8-10-19(15-18)29-28(34)35-16-24-22-13-6-4-11-20(22)21-12-5-7-14-23(21)24/h4-7,11-14,17-19,24-25H,3,8-10,15-16H2,1-2H3,(H,29,34)(H,30,31)(H,32,33)/t17?,18-,19+,25?/m1/s1. The average Bonchev–Trinajstić information content (AvgIpc) is 3.19. The molecular formula is C28H34N2O5. The van der Waals surface area contributed by atoms with E-state index in [1.807, 2.05) is 38.1 Å². The van der Waals surface area contributed by atoms with E-state index in [1.165, 1.54) is 11.1 Å². The van der Waals surface area contributed by atoms with E-state index in [-0.39, 0.29) is 36.3 Å². The number of carbonyl (C=O) groups excluding carboxylic acids is 2. The second-order valence-electron chi connectivity index (χ2n) is 9.74. The van der Waals surface area contributed by atoms with Crippen LogP contribution in [0.1, 0.15) is 63.0 Å². The number of alkyl carbamates (subject to hydrolysis) is 1. The molecule has 2 aliphatic carbocycles. The molecule has 7 heteroatoms. The fraction of sp³-hybridized carbons (Fsp3) is 0.464. The van der Waals surface area contributed by atoms with Gasteiger partial charge in [-0.25, -0.2) is 9.59 Å². The van der Waals surface area contributed by atoms with Gasteiger partial charge in [-0.15, -0.1) is 0 Å². The minimum absolute atomic E-state index is 0.00783. The number of amides is 2. The van der Waals surface area contributed by atoms with Crippen LogP contribution >= 0.6 is 0 Å². The molecule has 2 aromatic carbocycles. The van der Waals surface area contributed by atoms with E-state index in [4.69, 9.17) is 4.74 Å². The van der Waals surface area contributed by atoms with E-state index in [0.717, 1.165) is 24.0 Å². The molecule has 4 atom stereocenters. The van der Waals surface area contributed by atoms with Crippen molar-refractivity contribution in [2.75, 3.05) is 6.61 Å². The monoisotopic (exact) mass is 478 g/mol. The molecule has 2 aromatic rings. The minimum atomic E-state index is -1.02. The number of aliphatic carboxylic acids is 1. The molecule has 2 aliphatic rings. The van der Waals surface area contributed by atoms with E-state index in [2.05, 4.69) is 34.9 Å². The van der Waals surface area contributed by atoms with Gasteiger partial charge in [0.05, 0.1) is 0 Å². The van der Waals surface area contributed by atoms with Crippen LogP contribution in [0.25, 0.3) is 11.1 Å². The Balaban J connectivity index is 1.32. The molecule has 1 fully saturated rings. The second-order valence-corrected chi connectivity index (χ2v) is 9.74. The fourth-order valence-electron chi connectivity index (χ4n) is 5.32. The summed E-state index contributed by atoms with van der Waals surface area (Å²) in [6.45, 7) is 3.97. The molecule has 0 aromatic heterocycles. The third kappa shape index (κ3) is 5.50. The van der Waals surface area contributed by atoms with E-state index in [1.54, 1.807) is 0 Å². The molecule has 0 aliphatic heterocycles. The molecule has 35 heavy (non-hydrogen) atoms. The lowest BCUT2D eigenvalue weighted by Crippen LogP contribution is -2.49. The highest BCUT2D eigenvalue weighted by Crippen LogP contribution is 2.44. The van der Waals surface area contributed by atoms with Crippen LogP contribution in [0.5, 0.6) is 0 Å². The summed E-state index contributed by atoms with van der Waals surface area (Å²) in [6, 6.07) is 15.3. The number of nitrogens with one attached hydrogen (secondary N) is 2. The van der Waals surface area contributed by atoms with Crippen LogP contribution < -0.4 is 10.6 Å². The quantitative estimate of drug-likeness (QED) is 0.510. The number of hydrogen-bond acceptors (Lipinski definition) is 4. The summed E-state index contributed by atoms with van der Waals surface area (Å²) in [5, 5.41) is 15.1. The lowest BCUT2D eigenvalue weighted by Gasteiger charge is -2.30. The summed E-state index contributed by atoms with van der Waals surface area (Å²) in [5.41, 5.74) is 4.67. The Morgan fingerprint density at radius 1 is 1.03 bits per heavy atom. The van der Waals surface area contributed by atoms with Crippen molar-refractivity contribution in [1.29, 1.82) is 0 Å². The number of ether oxygens (including phenoxy) is 1. The van der Waals surface area contributed by atoms with Crippen LogP contribution in [-0.4, -0.2) is 41.8 Å². The topological polar surface area (TPSA) is 105 Å². The van der Waals surface area contributed by atoms with E-state index < -0.39 is 18.1 Å². The molecule has 0 radical (unpaired) electrons. The fourth-order valence-corrected chi connectivity index (χ4v) is 5.32. The Morgan fingerprint density at radius 3 is 2.26 bits per heavy atom. The van der Waals surface area contributed by atoms with E-state index >= 15 is 0 Å². The molecule has 0 bridgehead atoms. The van der Waals surface area contributed by atoms with Crippen molar-refractivity contribution in [1.82, 2.24) is 10.6 Å². The first-order valence-corrected chi connectivity index (χ1v) is 12.5. The molecule has 2 unspecified atom stereocenters. The first kappa shape index (κ1) is 24.8. The highest BCUT2D eigenvalue weighted by molar-refractivity contribution is 5.85. The first-order valence-electron chi connectivity index (χ1n) is 12.5. The third-order valence-corrected chi connectivity index (χ3v) is 7.49. The number of carboxylic acid groups (broad SMARTS) is 1. The lowest BCUT2D eigenvalue weighted by molar-refractivity contribution is -0.144. The third-order valence-electron chi connectivity index (χ3n) is 7.49. The van der Waals surface area contributed by atoms with Gasteiger partial charge in [-0.1, -0.05) is 75.2 Å². The van der Waals surface area contributed by atoms with Crippen molar-refractivity contribution >= 4 is 18.0 Å². The van der Waals surface area contributed by atoms with Gasteiger partial charge in [0.2, 0.25) is 5.91 Å². The molecule has 0 saturated heterocycles. The van der Waals surface area contributed by atoms with Crippen LogP contribution in [0.4, 0.5) is 4.79 Å². The lowest BCUT2D eigenvalue weighted by atomic mass is 9.84. The SMILES string of the molecule is CCC(C)C(NC(=O)[C@@H]1CCC[C@H](NC(=O)OCC2c3ccccc3-c3ccccc32)C1)C(=O)O. The van der Waals surface area contributed by atoms with Gasteiger partial charge >= 0.3 is 12.1 Å². The summed E-state index contributed by atoms with van der Waals surface area (Å²) in [4.78, 5) is 37.0. The molecule has 0 spiro atoms. The molecule has 0 heterocycles. The van der Waals surface area contributed by atoms with Crippen molar-refractivity contribution in [2.45, 2.75) is 64.0 Å². The Bertz CT molecular complexity index is 1040. The molecule has 3 N–H and O–H groups in total. The molecule has 4 rings (SSSR count). The van der Waals surface area contributed by atoms with Gasteiger partial charge in [0, 0.05) is 17.9 Å². The molecule has 186 valence electrons. The van der Waals surface area contributed by atoms with Crippen molar-refractivity contribution in [3.8, 4) is 11.1 Å². The van der Waals surface area contributed by atoms with Crippen LogP contribution in [0.2, 0.25) is 0 Å². The second kappa shape index (κ2) is 10.9. The Labute approximate surface area is 206 Å². The average molecular weight is 479 g/mol. The van der Waals surface area contributed by atoms with Gasteiger partial charge in [0.25, 0.3) is 0 Å². The van der Waals surface area contributed by atoms with Gasteiger partial charge < -0.3 is 20.5 Å². The maximum absolute atomic E-state index is 12.8. The van der Waals surface area contributed by atoms with Crippen LogP contribution in [0.3, 0.4) is 0 Å². The predicted molar refractivity (Wildman–Crippen MR) is 133 cm³/mol. The summed E-state index contributed by atoms with van der Waals surface area (Å²) in [5.74, 6) is -1.76. The number of rotatable bonds is 8. The highest BCUT2D eigenvalue weighted by atomic mass is 16.5. The van der Waals surface area contributed by atoms with Crippen molar-refractivity contribution < 1.29 is 24.2 Å². The van der Waals surface area contributed by atoms with Crippen molar-refractivity contribution in [3.63, 3.8) is 0 Å². The molecule has 1 saturated carbocycles. The zero-order valence-electron chi connectivity index (χ0n) is 20.3. The molecular weight excluding hydrogens is 444 g/mol. The maximum atomic E-state index is 12.8. The first-order chi connectivity index (χ1) is 16.9. The zero-order chi connectivity index (χ0) is 24.9. The summed E-state index contributed by atoms with van der Waals surface area (Å²) in [7, 11) is 0. The Kier molecular flexibility index (Phi) is 7.73. The van der Waals surface area contributed by atoms with E-state index in [9.17, 15) is 19.5 Å². The number of hydrogen-bond donors (Lipinski definition) is 3. The highest BCUT2D eigenvalue weighted by Gasteiger charge is 2.33. The summed E-state index contributed by atoms with van der Waals surface area (Å²) >= 11 is 0. The van der Waals surface area contributed by atoms with Crippen LogP contribution in [0.15, 0.2) is 48.5 Å². The van der Waals surface area contributed by atoms with E-state index in [0.29, 0.717) is 19.3 Å². The Morgan fingerprint density at radius 2 is 1.66 bits per heavy atom. The Hall–Kier alpha value is -3.35.